The van der Waals surface area contributed by atoms with Gasteiger partial charge >= 0.3 is 17.9 Å². The number of nitrogens with one attached hydrogen (secondary N) is 4. The van der Waals surface area contributed by atoms with E-state index in [4.69, 9.17) is 21.7 Å². The lowest BCUT2D eigenvalue weighted by atomic mass is 10.1. The van der Waals surface area contributed by atoms with Crippen LogP contribution in [0.5, 0.6) is 0 Å². The number of aromatic nitrogens is 2. The van der Waals surface area contributed by atoms with Crippen LogP contribution in [0.2, 0.25) is 0 Å². The van der Waals surface area contributed by atoms with E-state index in [9.17, 15) is 38.7 Å². The van der Waals surface area contributed by atoms with Gasteiger partial charge in [-0.15, -0.1) is 0 Å². The molecule has 0 radical (unpaired) electrons. The number of hydrogen-bond acceptors (Lipinski definition) is 9. The molecule has 0 aromatic carbocycles. The molecule has 17 nitrogen and oxygen atoms in total. The lowest BCUT2D eigenvalue weighted by molar-refractivity contribution is -0.143. The van der Waals surface area contributed by atoms with Crippen molar-refractivity contribution in [2.45, 2.75) is 56.3 Å². The van der Waals surface area contributed by atoms with Gasteiger partial charge in [-0.25, -0.2) is 9.78 Å². The van der Waals surface area contributed by atoms with Gasteiger partial charge in [0.05, 0.1) is 25.2 Å². The van der Waals surface area contributed by atoms with Gasteiger partial charge in [0.1, 0.15) is 18.1 Å². The van der Waals surface area contributed by atoms with E-state index >= 15 is 0 Å². The van der Waals surface area contributed by atoms with E-state index in [2.05, 4.69) is 20.6 Å². The molecule has 1 aromatic rings. The molecule has 0 saturated carbocycles. The summed E-state index contributed by atoms with van der Waals surface area (Å²) in [7, 11) is 0. The van der Waals surface area contributed by atoms with Gasteiger partial charge < -0.3 is 47.7 Å². The first-order valence-electron chi connectivity index (χ1n) is 10.4. The van der Waals surface area contributed by atoms with Crippen molar-refractivity contribution in [1.29, 1.82) is 0 Å². The van der Waals surface area contributed by atoms with E-state index < -0.39 is 78.5 Å². The fourth-order valence-corrected chi connectivity index (χ4v) is 2.86. The molecule has 198 valence electrons. The standard InChI is InChI=1S/C19H27N7O10/c20-9(4-14(28)29)16(32)25-11(3-8-6-22-7-23-8)17(33)26-12(5-15(30)31)18(34)24-10(19(35)36)1-2-13(21)27/h6-7,9-12H,1-5,20H2,(H2,21,27)(H,22,23)(H,24,34)(H,25,32)(H,26,33)(H,28,29)(H,30,31)(H,35,36). The van der Waals surface area contributed by atoms with Gasteiger partial charge in [0, 0.05) is 24.7 Å². The number of imidazole rings is 1. The normalized spacial score (nSPS) is 13.9. The van der Waals surface area contributed by atoms with Crippen molar-refractivity contribution < 1.29 is 48.9 Å². The Kier molecular flexibility index (Phi) is 11.5. The molecule has 0 fully saturated rings. The number of H-pyrrole nitrogens is 1. The van der Waals surface area contributed by atoms with E-state index in [-0.39, 0.29) is 19.3 Å². The lowest BCUT2D eigenvalue weighted by Gasteiger charge is -2.24. The molecule has 4 amide bonds. The maximum atomic E-state index is 12.9. The fourth-order valence-electron chi connectivity index (χ4n) is 2.86. The van der Waals surface area contributed by atoms with Crippen molar-refractivity contribution in [3.05, 3.63) is 18.2 Å². The number of carbonyl (C=O) groups is 7. The second-order valence-corrected chi connectivity index (χ2v) is 7.61. The lowest BCUT2D eigenvalue weighted by Crippen LogP contribution is -2.58. The first-order chi connectivity index (χ1) is 16.8. The van der Waals surface area contributed by atoms with Crippen LogP contribution in [0.1, 0.15) is 31.4 Å². The third-order valence-electron chi connectivity index (χ3n) is 4.65. The van der Waals surface area contributed by atoms with Crippen molar-refractivity contribution in [2.24, 2.45) is 11.5 Å². The molecule has 4 unspecified atom stereocenters. The van der Waals surface area contributed by atoms with Crippen LogP contribution in [0, 0.1) is 0 Å². The molecule has 0 bridgehead atoms. The highest BCUT2D eigenvalue weighted by molar-refractivity contribution is 5.96. The highest BCUT2D eigenvalue weighted by atomic mass is 16.4. The first-order valence-corrected chi connectivity index (χ1v) is 10.4. The minimum atomic E-state index is -1.78. The van der Waals surface area contributed by atoms with Crippen molar-refractivity contribution in [3.63, 3.8) is 0 Å². The summed E-state index contributed by atoms with van der Waals surface area (Å²) in [5, 5.41) is 33.6. The molecular weight excluding hydrogens is 486 g/mol. The van der Waals surface area contributed by atoms with Gasteiger partial charge in [-0.1, -0.05) is 0 Å². The number of amides is 4. The molecule has 0 aliphatic rings. The summed E-state index contributed by atoms with van der Waals surface area (Å²) in [6.07, 6.45) is -0.0944. The Morgan fingerprint density at radius 1 is 0.861 bits per heavy atom. The second-order valence-electron chi connectivity index (χ2n) is 7.61. The average Bonchev–Trinajstić information content (AvgIpc) is 3.27. The Morgan fingerprint density at radius 3 is 1.92 bits per heavy atom. The number of nitrogens with zero attached hydrogens (tertiary/aromatic N) is 1. The van der Waals surface area contributed by atoms with E-state index in [0.29, 0.717) is 5.69 Å². The number of aromatic amines is 1. The van der Waals surface area contributed by atoms with Gasteiger partial charge in [-0.2, -0.15) is 0 Å². The van der Waals surface area contributed by atoms with Crippen molar-refractivity contribution in [3.8, 4) is 0 Å². The number of carboxylic acids is 3. The summed E-state index contributed by atoms with van der Waals surface area (Å²) in [5.41, 5.74) is 10.8. The zero-order chi connectivity index (χ0) is 27.4. The Labute approximate surface area is 203 Å². The molecule has 17 heteroatoms. The van der Waals surface area contributed by atoms with Gasteiger partial charge in [-0.3, -0.25) is 28.8 Å². The predicted molar refractivity (Wildman–Crippen MR) is 117 cm³/mol. The molecule has 1 heterocycles. The zero-order valence-electron chi connectivity index (χ0n) is 18.8. The fraction of sp³-hybridized carbons (Fsp3) is 0.474. The topological polar surface area (TPSA) is 297 Å². The summed E-state index contributed by atoms with van der Waals surface area (Å²) >= 11 is 0. The highest BCUT2D eigenvalue weighted by Gasteiger charge is 2.32. The summed E-state index contributed by atoms with van der Waals surface area (Å²) < 4.78 is 0. The van der Waals surface area contributed by atoms with E-state index in [1.54, 1.807) is 0 Å². The Morgan fingerprint density at radius 2 is 1.42 bits per heavy atom. The van der Waals surface area contributed by atoms with Crippen LogP contribution in [0.4, 0.5) is 0 Å². The summed E-state index contributed by atoms with van der Waals surface area (Å²) in [4.78, 5) is 88.6. The number of aliphatic carboxylic acids is 3. The van der Waals surface area contributed by atoms with Crippen LogP contribution in [-0.4, -0.2) is 91.0 Å². The summed E-state index contributed by atoms with van der Waals surface area (Å²) in [6.45, 7) is 0. The number of hydrogen-bond donors (Lipinski definition) is 9. The highest BCUT2D eigenvalue weighted by Crippen LogP contribution is 2.04. The van der Waals surface area contributed by atoms with E-state index in [1.807, 2.05) is 5.32 Å². The zero-order valence-corrected chi connectivity index (χ0v) is 18.8. The maximum absolute atomic E-state index is 12.9. The van der Waals surface area contributed by atoms with Gasteiger partial charge in [-0.05, 0) is 6.42 Å². The number of rotatable bonds is 16. The summed E-state index contributed by atoms with van der Waals surface area (Å²) in [5.74, 6) is -8.48. The molecule has 0 aliphatic heterocycles. The van der Waals surface area contributed by atoms with Crippen LogP contribution >= 0.6 is 0 Å². The minimum Gasteiger partial charge on any atom is -0.481 e. The largest absolute Gasteiger partial charge is 0.481 e. The van der Waals surface area contributed by atoms with Gasteiger partial charge in [0.15, 0.2) is 0 Å². The molecule has 11 N–H and O–H groups in total. The predicted octanol–water partition coefficient (Wildman–Crippen LogP) is -3.97. The molecule has 0 aliphatic carbocycles. The minimum absolute atomic E-state index is 0.227. The Bertz CT molecular complexity index is 981. The van der Waals surface area contributed by atoms with Crippen LogP contribution in [0.3, 0.4) is 0 Å². The molecule has 36 heavy (non-hydrogen) atoms. The van der Waals surface area contributed by atoms with Gasteiger partial charge in [0.25, 0.3) is 0 Å². The SMILES string of the molecule is NC(=O)CCC(NC(=O)C(CC(=O)O)NC(=O)C(Cc1cnc[nH]1)NC(=O)C(N)CC(=O)O)C(=O)O. The van der Waals surface area contributed by atoms with Gasteiger partial charge in [0.2, 0.25) is 23.6 Å². The van der Waals surface area contributed by atoms with Crippen LogP contribution < -0.4 is 27.4 Å². The summed E-state index contributed by atoms with van der Waals surface area (Å²) in [6, 6.07) is -6.35. The molecule has 4 atom stereocenters. The third kappa shape index (κ3) is 10.6. The first kappa shape index (κ1) is 29.5. The smallest absolute Gasteiger partial charge is 0.326 e. The van der Waals surface area contributed by atoms with Crippen LogP contribution in [0.15, 0.2) is 12.5 Å². The Balaban J connectivity index is 3.06. The molecular formula is C19H27N7O10. The van der Waals surface area contributed by atoms with E-state index in [0.717, 1.165) is 0 Å². The third-order valence-corrected chi connectivity index (χ3v) is 4.65. The average molecular weight is 513 g/mol. The van der Waals surface area contributed by atoms with Crippen LogP contribution in [-0.2, 0) is 40.0 Å². The number of primary amides is 1. The quantitative estimate of drug-likeness (QED) is 0.102. The number of carboxylic acid groups (broad SMARTS) is 3. The second kappa shape index (κ2) is 14.0. The molecule has 1 rings (SSSR count). The molecule has 0 spiro atoms. The number of carbonyl (C=O) groups excluding carboxylic acids is 4. The number of nitrogens with two attached hydrogens (primary N) is 2. The van der Waals surface area contributed by atoms with Crippen molar-refractivity contribution >= 4 is 41.5 Å². The molecule has 0 saturated heterocycles. The van der Waals surface area contributed by atoms with Crippen molar-refractivity contribution in [2.75, 3.05) is 0 Å². The van der Waals surface area contributed by atoms with Crippen LogP contribution in [0.25, 0.3) is 0 Å². The Hall–Kier alpha value is -4.54. The van der Waals surface area contributed by atoms with E-state index in [1.165, 1.54) is 12.5 Å². The monoisotopic (exact) mass is 513 g/mol. The van der Waals surface area contributed by atoms with Crippen molar-refractivity contribution in [1.82, 2.24) is 25.9 Å². The maximum Gasteiger partial charge on any atom is 0.326 e. The molecule has 1 aromatic heterocycles.